The fraction of sp³-hybridized carbons (Fsp3) is 0.526. The number of amides is 2. The van der Waals surface area contributed by atoms with E-state index in [0.717, 1.165) is 11.1 Å². The molecule has 7 heteroatoms. The lowest BCUT2D eigenvalue weighted by Crippen LogP contribution is -2.43. The molecule has 1 fully saturated rings. The average molecular weight is 361 g/mol. The predicted molar refractivity (Wildman–Crippen MR) is 97.5 cm³/mol. The lowest BCUT2D eigenvalue weighted by molar-refractivity contribution is -0.146. The Labute approximate surface area is 154 Å². The molecule has 142 valence electrons. The minimum atomic E-state index is -1.04. The van der Waals surface area contributed by atoms with Gasteiger partial charge in [0.2, 0.25) is 11.8 Å². The number of carbonyl (C=O) groups excluding carboxylic acids is 2. The minimum absolute atomic E-state index is 0.0631. The number of carboxylic acid groups (broad SMARTS) is 1. The molecule has 1 saturated heterocycles. The molecule has 1 aromatic carbocycles. The first kappa shape index (κ1) is 19.9. The van der Waals surface area contributed by atoms with Crippen LogP contribution in [0.5, 0.6) is 0 Å². The second kappa shape index (κ2) is 8.80. The molecule has 1 unspecified atom stereocenters. The molecule has 0 spiro atoms. The normalized spacial score (nSPS) is 17.0. The third-order valence-electron chi connectivity index (χ3n) is 4.51. The number of aryl methyl sites for hydroxylation is 1. The molecule has 1 aromatic rings. The fourth-order valence-electron chi connectivity index (χ4n) is 3.01. The van der Waals surface area contributed by atoms with Gasteiger partial charge in [0, 0.05) is 32.6 Å². The Morgan fingerprint density at radius 2 is 1.85 bits per heavy atom. The third kappa shape index (κ3) is 5.56. The van der Waals surface area contributed by atoms with Crippen LogP contribution in [-0.4, -0.2) is 77.9 Å². The van der Waals surface area contributed by atoms with E-state index in [0.29, 0.717) is 26.2 Å². The van der Waals surface area contributed by atoms with E-state index >= 15 is 0 Å². The topological polar surface area (TPSA) is 81.2 Å². The van der Waals surface area contributed by atoms with Crippen LogP contribution in [0.1, 0.15) is 17.5 Å². The van der Waals surface area contributed by atoms with Gasteiger partial charge in [-0.05, 0) is 26.6 Å². The molecular weight excluding hydrogens is 334 g/mol. The monoisotopic (exact) mass is 361 g/mol. The molecule has 0 aromatic heterocycles. The van der Waals surface area contributed by atoms with Crippen molar-refractivity contribution in [3.63, 3.8) is 0 Å². The zero-order valence-corrected chi connectivity index (χ0v) is 15.6. The number of hydrogen-bond donors (Lipinski definition) is 1. The number of benzene rings is 1. The average Bonchev–Trinajstić information content (AvgIpc) is 2.93. The summed E-state index contributed by atoms with van der Waals surface area (Å²) in [6, 6.07) is 7.94. The Hall–Kier alpha value is -2.41. The molecule has 26 heavy (non-hydrogen) atoms. The van der Waals surface area contributed by atoms with Gasteiger partial charge in [-0.3, -0.25) is 14.4 Å². The van der Waals surface area contributed by atoms with E-state index in [2.05, 4.69) is 0 Å². The Bertz CT molecular complexity index is 657. The number of carboxylic acids is 1. The highest BCUT2D eigenvalue weighted by Gasteiger charge is 2.36. The maximum absolute atomic E-state index is 12.7. The van der Waals surface area contributed by atoms with Gasteiger partial charge in [-0.2, -0.15) is 0 Å². The molecule has 2 rings (SSSR count). The van der Waals surface area contributed by atoms with Crippen LogP contribution in [-0.2, 0) is 20.9 Å². The largest absolute Gasteiger partial charge is 0.480 e. The van der Waals surface area contributed by atoms with Gasteiger partial charge in [-0.15, -0.1) is 0 Å². The molecule has 0 bridgehead atoms. The highest BCUT2D eigenvalue weighted by molar-refractivity contribution is 5.90. The van der Waals surface area contributed by atoms with Crippen LogP contribution in [0.15, 0.2) is 24.3 Å². The van der Waals surface area contributed by atoms with Gasteiger partial charge < -0.3 is 19.8 Å². The second-order valence-corrected chi connectivity index (χ2v) is 7.12. The number of aliphatic carboxylic acids is 1. The van der Waals surface area contributed by atoms with Gasteiger partial charge in [0.25, 0.3) is 0 Å². The number of carbonyl (C=O) groups is 3. The zero-order valence-electron chi connectivity index (χ0n) is 15.6. The summed E-state index contributed by atoms with van der Waals surface area (Å²) in [6.07, 6.45) is 0.142. The molecule has 1 N–H and O–H groups in total. The Morgan fingerprint density at radius 1 is 1.19 bits per heavy atom. The van der Waals surface area contributed by atoms with Crippen LogP contribution in [0.3, 0.4) is 0 Å². The van der Waals surface area contributed by atoms with Gasteiger partial charge in [-0.1, -0.05) is 29.8 Å². The van der Waals surface area contributed by atoms with Crippen molar-refractivity contribution in [3.05, 3.63) is 35.4 Å². The zero-order chi connectivity index (χ0) is 19.3. The summed E-state index contributed by atoms with van der Waals surface area (Å²) in [4.78, 5) is 41.1. The van der Waals surface area contributed by atoms with Crippen LogP contribution in [0, 0.1) is 12.8 Å². The van der Waals surface area contributed by atoms with Gasteiger partial charge in [0.1, 0.15) is 6.54 Å². The molecule has 0 saturated carbocycles. The van der Waals surface area contributed by atoms with Crippen molar-refractivity contribution in [1.82, 2.24) is 14.7 Å². The van der Waals surface area contributed by atoms with E-state index < -0.39 is 11.9 Å². The first-order valence-corrected chi connectivity index (χ1v) is 8.75. The molecule has 1 heterocycles. The maximum atomic E-state index is 12.7. The molecule has 0 radical (unpaired) electrons. The molecule has 0 aliphatic carbocycles. The molecule has 2 amide bonds. The highest BCUT2D eigenvalue weighted by Crippen LogP contribution is 2.22. The van der Waals surface area contributed by atoms with Gasteiger partial charge in [0.15, 0.2) is 0 Å². The molecule has 1 aliphatic rings. The van der Waals surface area contributed by atoms with Crippen LogP contribution in [0.4, 0.5) is 0 Å². The van der Waals surface area contributed by atoms with Crippen molar-refractivity contribution in [3.8, 4) is 0 Å². The number of likely N-dealkylation sites (N-methyl/N-ethyl adjacent to an activating group) is 1. The fourth-order valence-corrected chi connectivity index (χ4v) is 3.01. The molecular formula is C19H27N3O4. The van der Waals surface area contributed by atoms with Crippen LogP contribution in [0.2, 0.25) is 0 Å². The summed E-state index contributed by atoms with van der Waals surface area (Å²) in [6.45, 7) is 3.39. The number of hydrogen-bond acceptors (Lipinski definition) is 4. The number of likely N-dealkylation sites (tertiary alicyclic amines) is 1. The minimum Gasteiger partial charge on any atom is -0.480 e. The van der Waals surface area contributed by atoms with Crippen molar-refractivity contribution in [2.45, 2.75) is 19.9 Å². The summed E-state index contributed by atoms with van der Waals surface area (Å²) >= 11 is 0. The second-order valence-electron chi connectivity index (χ2n) is 7.12. The SMILES string of the molecule is Cc1ccc(CN2CC(C(=O)N(CCN(C)C)CC(=O)O)CC2=O)cc1. The van der Waals surface area contributed by atoms with Gasteiger partial charge in [0.05, 0.1) is 5.92 Å². The predicted octanol–water partition coefficient (Wildman–Crippen LogP) is 0.818. The number of nitrogens with zero attached hydrogens (tertiary/aromatic N) is 3. The molecule has 1 atom stereocenters. The quantitative estimate of drug-likeness (QED) is 0.741. The highest BCUT2D eigenvalue weighted by atomic mass is 16.4. The van der Waals surface area contributed by atoms with E-state index in [1.54, 1.807) is 4.90 Å². The summed E-state index contributed by atoms with van der Waals surface area (Å²) < 4.78 is 0. The van der Waals surface area contributed by atoms with Gasteiger partial charge >= 0.3 is 5.97 Å². The standard InChI is InChI=1S/C19H27N3O4/c1-14-4-6-15(7-5-14)11-22-12-16(10-17(22)23)19(26)21(13-18(24)25)9-8-20(2)3/h4-7,16H,8-13H2,1-3H3,(H,24,25). The van der Waals surface area contributed by atoms with Crippen molar-refractivity contribution in [2.75, 3.05) is 40.3 Å². The van der Waals surface area contributed by atoms with E-state index in [1.165, 1.54) is 4.90 Å². The van der Waals surface area contributed by atoms with Crippen LogP contribution < -0.4 is 0 Å². The smallest absolute Gasteiger partial charge is 0.323 e. The first-order chi connectivity index (χ1) is 12.3. The van der Waals surface area contributed by atoms with Crippen LogP contribution >= 0.6 is 0 Å². The summed E-state index contributed by atoms with van der Waals surface area (Å²) in [5.74, 6) is -1.84. The van der Waals surface area contributed by atoms with Crippen molar-refractivity contribution in [2.24, 2.45) is 5.92 Å². The lowest BCUT2D eigenvalue weighted by atomic mass is 10.1. The Balaban J connectivity index is 2.00. The van der Waals surface area contributed by atoms with E-state index in [9.17, 15) is 14.4 Å². The summed E-state index contributed by atoms with van der Waals surface area (Å²) in [5, 5.41) is 9.08. The van der Waals surface area contributed by atoms with Crippen molar-refractivity contribution < 1.29 is 19.5 Å². The lowest BCUT2D eigenvalue weighted by Gasteiger charge is -2.25. The number of rotatable bonds is 8. The van der Waals surface area contributed by atoms with E-state index in [-0.39, 0.29) is 24.8 Å². The van der Waals surface area contributed by atoms with Gasteiger partial charge in [-0.25, -0.2) is 0 Å². The summed E-state index contributed by atoms with van der Waals surface area (Å²) in [5.41, 5.74) is 2.17. The van der Waals surface area contributed by atoms with Crippen molar-refractivity contribution >= 4 is 17.8 Å². The summed E-state index contributed by atoms with van der Waals surface area (Å²) in [7, 11) is 3.73. The van der Waals surface area contributed by atoms with Crippen molar-refractivity contribution in [1.29, 1.82) is 0 Å². The first-order valence-electron chi connectivity index (χ1n) is 8.75. The third-order valence-corrected chi connectivity index (χ3v) is 4.51. The Morgan fingerprint density at radius 3 is 2.42 bits per heavy atom. The molecule has 1 aliphatic heterocycles. The van der Waals surface area contributed by atoms with Crippen LogP contribution in [0.25, 0.3) is 0 Å². The van der Waals surface area contributed by atoms with E-state index in [1.807, 2.05) is 50.2 Å². The Kier molecular flexibility index (Phi) is 6.74. The maximum Gasteiger partial charge on any atom is 0.323 e. The van der Waals surface area contributed by atoms with E-state index in [4.69, 9.17) is 5.11 Å². The molecule has 7 nitrogen and oxygen atoms in total.